The SMILES string of the molecule is Cc1nc(CNC(=O)c2ccc(O)cc2F)no1. The number of hydrogen-bond donors (Lipinski definition) is 2. The van der Waals surface area contributed by atoms with Crippen LogP contribution in [0.1, 0.15) is 22.1 Å². The second kappa shape index (κ2) is 4.82. The summed E-state index contributed by atoms with van der Waals surface area (Å²) in [5, 5.41) is 15.1. The molecular weight excluding hydrogens is 241 g/mol. The second-order valence-electron chi connectivity index (χ2n) is 3.58. The van der Waals surface area contributed by atoms with E-state index in [0.29, 0.717) is 11.7 Å². The molecule has 18 heavy (non-hydrogen) atoms. The predicted molar refractivity (Wildman–Crippen MR) is 58.3 cm³/mol. The van der Waals surface area contributed by atoms with E-state index in [0.717, 1.165) is 6.07 Å². The Kier molecular flexibility index (Phi) is 3.22. The number of aromatic hydroxyl groups is 1. The van der Waals surface area contributed by atoms with Gasteiger partial charge in [-0.15, -0.1) is 0 Å². The minimum Gasteiger partial charge on any atom is -0.508 e. The fourth-order valence-corrected chi connectivity index (χ4v) is 1.36. The van der Waals surface area contributed by atoms with Gasteiger partial charge < -0.3 is 14.9 Å². The average Bonchev–Trinajstić information content (AvgIpc) is 2.72. The molecule has 2 N–H and O–H groups in total. The molecule has 0 aliphatic rings. The van der Waals surface area contributed by atoms with Gasteiger partial charge in [-0.25, -0.2) is 4.39 Å². The zero-order valence-corrected chi connectivity index (χ0v) is 9.48. The van der Waals surface area contributed by atoms with Gasteiger partial charge in [0.2, 0.25) is 5.89 Å². The lowest BCUT2D eigenvalue weighted by molar-refractivity contribution is 0.0945. The standard InChI is InChI=1S/C11H10FN3O3/c1-6-14-10(15-18-6)5-13-11(17)8-3-2-7(16)4-9(8)12/h2-4,16H,5H2,1H3,(H,13,17). The number of aromatic nitrogens is 2. The highest BCUT2D eigenvalue weighted by molar-refractivity contribution is 5.94. The molecule has 0 bridgehead atoms. The maximum atomic E-state index is 13.4. The van der Waals surface area contributed by atoms with Gasteiger partial charge in [0.1, 0.15) is 11.6 Å². The number of halogens is 1. The van der Waals surface area contributed by atoms with Crippen LogP contribution in [-0.2, 0) is 6.54 Å². The number of phenols is 1. The molecule has 6 nitrogen and oxygen atoms in total. The normalized spacial score (nSPS) is 10.3. The van der Waals surface area contributed by atoms with Crippen molar-refractivity contribution in [2.45, 2.75) is 13.5 Å². The first-order chi connectivity index (χ1) is 8.56. The van der Waals surface area contributed by atoms with Crippen molar-refractivity contribution in [1.82, 2.24) is 15.5 Å². The molecule has 0 fully saturated rings. The molecule has 1 aromatic carbocycles. The summed E-state index contributed by atoms with van der Waals surface area (Å²) in [6.45, 7) is 1.66. The number of amides is 1. The molecule has 2 rings (SSSR count). The minimum absolute atomic E-state index is 0.0382. The van der Waals surface area contributed by atoms with Gasteiger partial charge in [0.15, 0.2) is 5.82 Å². The van der Waals surface area contributed by atoms with E-state index in [-0.39, 0.29) is 17.9 Å². The van der Waals surface area contributed by atoms with Gasteiger partial charge in [-0.05, 0) is 12.1 Å². The first kappa shape index (κ1) is 12.0. The number of rotatable bonds is 3. The third-order valence-corrected chi connectivity index (χ3v) is 2.17. The number of carbonyl (C=O) groups is 1. The second-order valence-corrected chi connectivity index (χ2v) is 3.58. The van der Waals surface area contributed by atoms with E-state index < -0.39 is 11.7 Å². The van der Waals surface area contributed by atoms with Crippen LogP contribution in [0.25, 0.3) is 0 Å². The summed E-state index contributed by atoms with van der Waals surface area (Å²) >= 11 is 0. The van der Waals surface area contributed by atoms with E-state index in [9.17, 15) is 9.18 Å². The van der Waals surface area contributed by atoms with Crippen molar-refractivity contribution in [1.29, 1.82) is 0 Å². The Hall–Kier alpha value is -2.44. The van der Waals surface area contributed by atoms with Crippen LogP contribution in [0.2, 0.25) is 0 Å². The van der Waals surface area contributed by atoms with Gasteiger partial charge in [-0.2, -0.15) is 4.98 Å². The van der Waals surface area contributed by atoms with E-state index in [4.69, 9.17) is 9.63 Å². The summed E-state index contributed by atoms with van der Waals surface area (Å²) in [6, 6.07) is 3.30. The van der Waals surface area contributed by atoms with E-state index in [1.807, 2.05) is 0 Å². The lowest BCUT2D eigenvalue weighted by Gasteiger charge is -2.04. The number of hydrogen-bond acceptors (Lipinski definition) is 5. The van der Waals surface area contributed by atoms with Crippen LogP contribution < -0.4 is 5.32 Å². The van der Waals surface area contributed by atoms with Crippen LogP contribution in [0.5, 0.6) is 5.75 Å². The van der Waals surface area contributed by atoms with E-state index in [2.05, 4.69) is 15.5 Å². The summed E-state index contributed by atoms with van der Waals surface area (Å²) in [7, 11) is 0. The van der Waals surface area contributed by atoms with Crippen molar-refractivity contribution >= 4 is 5.91 Å². The maximum absolute atomic E-state index is 13.4. The summed E-state index contributed by atoms with van der Waals surface area (Å²) in [4.78, 5) is 15.5. The quantitative estimate of drug-likeness (QED) is 0.854. The van der Waals surface area contributed by atoms with Gasteiger partial charge in [0.05, 0.1) is 12.1 Å². The molecule has 1 amide bonds. The Morgan fingerprint density at radius 3 is 2.94 bits per heavy atom. The fourth-order valence-electron chi connectivity index (χ4n) is 1.36. The number of carbonyl (C=O) groups excluding carboxylic acids is 1. The maximum Gasteiger partial charge on any atom is 0.254 e. The zero-order valence-electron chi connectivity index (χ0n) is 9.48. The summed E-state index contributed by atoms with van der Waals surface area (Å²) < 4.78 is 18.1. The zero-order chi connectivity index (χ0) is 13.1. The summed E-state index contributed by atoms with van der Waals surface area (Å²) in [5.74, 6) is -0.959. The van der Waals surface area contributed by atoms with Crippen molar-refractivity contribution in [2.75, 3.05) is 0 Å². The van der Waals surface area contributed by atoms with Crippen molar-refractivity contribution in [3.63, 3.8) is 0 Å². The Labute approximate surface area is 101 Å². The molecule has 0 aliphatic carbocycles. The average molecular weight is 251 g/mol. The molecule has 7 heteroatoms. The number of benzene rings is 1. The molecule has 0 saturated carbocycles. The predicted octanol–water partition coefficient (Wildman–Crippen LogP) is 1.15. The highest BCUT2D eigenvalue weighted by Crippen LogP contribution is 2.14. The molecule has 94 valence electrons. The van der Waals surface area contributed by atoms with Gasteiger partial charge in [-0.1, -0.05) is 5.16 Å². The van der Waals surface area contributed by atoms with Gasteiger partial charge in [-0.3, -0.25) is 4.79 Å². The first-order valence-electron chi connectivity index (χ1n) is 5.12. The van der Waals surface area contributed by atoms with Crippen LogP contribution in [-0.4, -0.2) is 21.2 Å². The van der Waals surface area contributed by atoms with Crippen LogP contribution >= 0.6 is 0 Å². The van der Waals surface area contributed by atoms with Crippen LogP contribution in [0.3, 0.4) is 0 Å². The van der Waals surface area contributed by atoms with E-state index >= 15 is 0 Å². The number of nitrogens with zero attached hydrogens (tertiary/aromatic N) is 2. The Morgan fingerprint density at radius 2 is 2.33 bits per heavy atom. The molecule has 2 aromatic rings. The number of nitrogens with one attached hydrogen (secondary N) is 1. The van der Waals surface area contributed by atoms with Crippen molar-refractivity contribution in [3.8, 4) is 5.75 Å². The fraction of sp³-hybridized carbons (Fsp3) is 0.182. The molecule has 1 heterocycles. The van der Waals surface area contributed by atoms with Crippen molar-refractivity contribution < 1.29 is 18.8 Å². The van der Waals surface area contributed by atoms with E-state index in [1.54, 1.807) is 6.92 Å². The molecule has 0 atom stereocenters. The third-order valence-electron chi connectivity index (χ3n) is 2.17. The summed E-state index contributed by atoms with van der Waals surface area (Å²) in [5.41, 5.74) is -0.159. The van der Waals surface area contributed by atoms with Gasteiger partial charge in [0.25, 0.3) is 5.91 Å². The van der Waals surface area contributed by atoms with Gasteiger partial charge in [0, 0.05) is 13.0 Å². The number of aryl methyl sites for hydroxylation is 1. The molecule has 1 aromatic heterocycles. The molecule has 0 radical (unpaired) electrons. The molecular formula is C11H10FN3O3. The Balaban J connectivity index is 2.03. The van der Waals surface area contributed by atoms with Gasteiger partial charge >= 0.3 is 0 Å². The highest BCUT2D eigenvalue weighted by atomic mass is 19.1. The first-order valence-corrected chi connectivity index (χ1v) is 5.12. The molecule has 0 unspecified atom stereocenters. The van der Waals surface area contributed by atoms with Crippen LogP contribution in [0.15, 0.2) is 22.7 Å². The topological polar surface area (TPSA) is 88.2 Å². The molecule has 0 aliphatic heterocycles. The van der Waals surface area contributed by atoms with Crippen LogP contribution in [0, 0.1) is 12.7 Å². The largest absolute Gasteiger partial charge is 0.508 e. The van der Waals surface area contributed by atoms with E-state index in [1.165, 1.54) is 12.1 Å². The van der Waals surface area contributed by atoms with Crippen LogP contribution in [0.4, 0.5) is 4.39 Å². The minimum atomic E-state index is -0.795. The lowest BCUT2D eigenvalue weighted by atomic mass is 10.2. The monoisotopic (exact) mass is 251 g/mol. The third kappa shape index (κ3) is 2.62. The highest BCUT2D eigenvalue weighted by Gasteiger charge is 2.13. The van der Waals surface area contributed by atoms with Crippen molar-refractivity contribution in [3.05, 3.63) is 41.3 Å². The molecule has 0 spiro atoms. The van der Waals surface area contributed by atoms with Crippen molar-refractivity contribution in [2.24, 2.45) is 0 Å². The Morgan fingerprint density at radius 1 is 1.56 bits per heavy atom. The Bertz CT molecular complexity index is 583. The summed E-state index contributed by atoms with van der Waals surface area (Å²) in [6.07, 6.45) is 0. The molecule has 0 saturated heterocycles. The number of phenolic OH excluding ortho intramolecular Hbond substituents is 1. The smallest absolute Gasteiger partial charge is 0.254 e. The lowest BCUT2D eigenvalue weighted by Crippen LogP contribution is -2.24.